The van der Waals surface area contributed by atoms with Gasteiger partial charge < -0.3 is 15.2 Å². The first-order valence-corrected chi connectivity index (χ1v) is 15.2. The van der Waals surface area contributed by atoms with E-state index < -0.39 is 28.3 Å². The molecule has 0 saturated heterocycles. The van der Waals surface area contributed by atoms with Gasteiger partial charge in [0.1, 0.15) is 17.2 Å². The van der Waals surface area contributed by atoms with Gasteiger partial charge in [0.05, 0.1) is 23.0 Å². The number of nitrogens with two attached hydrogens (primary N) is 1. The maximum atomic E-state index is 13.7. The molecule has 0 aliphatic heterocycles. The highest BCUT2D eigenvalue weighted by Crippen LogP contribution is 2.33. The lowest BCUT2D eigenvalue weighted by atomic mass is 10.0. The van der Waals surface area contributed by atoms with E-state index in [1.807, 2.05) is 0 Å². The molecular formula is C33H24ClN3O6S. The van der Waals surface area contributed by atoms with Crippen molar-refractivity contribution in [2.45, 2.75) is 11.3 Å². The Balaban J connectivity index is 1.38. The lowest BCUT2D eigenvalue weighted by Crippen LogP contribution is -2.16. The van der Waals surface area contributed by atoms with Gasteiger partial charge in [-0.15, -0.1) is 0 Å². The standard InChI is InChI=1S/C33H24ClN3O6S/c34-24-9-8-21-15-32(23(16-33(35)39)13-22(21)14-24)42-20-31(38)29-19-37(44(40,41)27-6-2-1-3-7-27)30-17-25(10-11-28(29)30)43-26-5-4-12-36-18-26/h1-15,17-19H,16,20H2,(H2,35,39). The second kappa shape index (κ2) is 11.8. The Labute approximate surface area is 257 Å². The summed E-state index contributed by atoms with van der Waals surface area (Å²) in [4.78, 5) is 29.5. The largest absolute Gasteiger partial charge is 0.485 e. The van der Waals surface area contributed by atoms with Crippen LogP contribution >= 0.6 is 11.6 Å². The lowest BCUT2D eigenvalue weighted by Gasteiger charge is -2.12. The molecule has 2 aromatic heterocycles. The molecule has 6 rings (SSSR count). The number of benzene rings is 4. The third-order valence-corrected chi connectivity index (χ3v) is 8.84. The SMILES string of the molecule is NC(=O)Cc1cc2cc(Cl)ccc2cc1OCC(=O)c1cn(S(=O)(=O)c2ccccc2)c2cc(Oc3cccnc3)ccc12. The van der Waals surface area contributed by atoms with E-state index >= 15 is 0 Å². The van der Waals surface area contributed by atoms with E-state index in [4.69, 9.17) is 26.8 Å². The number of ether oxygens (including phenoxy) is 2. The molecule has 0 aliphatic rings. The zero-order valence-corrected chi connectivity index (χ0v) is 24.6. The molecule has 220 valence electrons. The Morgan fingerprint density at radius 1 is 0.886 bits per heavy atom. The molecule has 0 spiro atoms. The molecule has 9 nitrogen and oxygen atoms in total. The fraction of sp³-hybridized carbons (Fsp3) is 0.0606. The van der Waals surface area contributed by atoms with Gasteiger partial charge in [-0.05, 0) is 71.4 Å². The Morgan fingerprint density at radius 3 is 2.45 bits per heavy atom. The molecule has 6 aromatic rings. The number of halogens is 1. The van der Waals surface area contributed by atoms with Crippen LogP contribution in [-0.2, 0) is 21.2 Å². The van der Waals surface area contributed by atoms with E-state index in [0.717, 1.165) is 14.7 Å². The highest BCUT2D eigenvalue weighted by Gasteiger charge is 2.25. The number of carbonyl (C=O) groups is 2. The summed E-state index contributed by atoms with van der Waals surface area (Å²) in [6, 6.07) is 24.9. The van der Waals surface area contributed by atoms with Crippen LogP contribution in [0.4, 0.5) is 0 Å². The van der Waals surface area contributed by atoms with Gasteiger partial charge in [-0.25, -0.2) is 12.4 Å². The second-order valence-corrected chi connectivity index (χ2v) is 12.2. The fourth-order valence-corrected chi connectivity index (χ4v) is 6.45. The van der Waals surface area contributed by atoms with E-state index in [1.165, 1.54) is 24.5 Å². The topological polar surface area (TPSA) is 131 Å². The number of nitrogens with zero attached hydrogens (tertiary/aromatic N) is 2. The lowest BCUT2D eigenvalue weighted by molar-refractivity contribution is -0.117. The predicted molar refractivity (Wildman–Crippen MR) is 167 cm³/mol. The van der Waals surface area contributed by atoms with Gasteiger partial charge in [-0.3, -0.25) is 14.6 Å². The summed E-state index contributed by atoms with van der Waals surface area (Å²) in [7, 11) is -4.09. The van der Waals surface area contributed by atoms with Gasteiger partial charge in [-0.2, -0.15) is 0 Å². The molecule has 0 fully saturated rings. The predicted octanol–water partition coefficient (Wildman–Crippen LogP) is 6.16. The zero-order valence-electron chi connectivity index (χ0n) is 23.0. The average molecular weight is 626 g/mol. The minimum Gasteiger partial charge on any atom is -0.485 e. The van der Waals surface area contributed by atoms with Crippen molar-refractivity contribution in [2.24, 2.45) is 5.73 Å². The van der Waals surface area contributed by atoms with E-state index in [9.17, 15) is 18.0 Å². The number of carbonyl (C=O) groups excluding carboxylic acids is 2. The molecule has 44 heavy (non-hydrogen) atoms. The number of hydrogen-bond donors (Lipinski definition) is 1. The van der Waals surface area contributed by atoms with Crippen LogP contribution in [0.15, 0.2) is 114 Å². The van der Waals surface area contributed by atoms with Crippen molar-refractivity contribution in [3.8, 4) is 17.2 Å². The van der Waals surface area contributed by atoms with Gasteiger partial charge in [0.2, 0.25) is 11.7 Å². The zero-order chi connectivity index (χ0) is 30.8. The third-order valence-electron chi connectivity index (χ3n) is 6.92. The number of pyridine rings is 1. The van der Waals surface area contributed by atoms with Crippen molar-refractivity contribution in [3.05, 3.63) is 126 Å². The molecule has 4 aromatic carbocycles. The first kappa shape index (κ1) is 28.9. The molecule has 0 unspecified atom stereocenters. The molecule has 0 saturated carbocycles. The maximum Gasteiger partial charge on any atom is 0.268 e. The van der Waals surface area contributed by atoms with Crippen LogP contribution in [0.2, 0.25) is 5.02 Å². The number of rotatable bonds is 10. The van der Waals surface area contributed by atoms with Crippen molar-refractivity contribution >= 4 is 55.0 Å². The van der Waals surface area contributed by atoms with Crippen molar-refractivity contribution in [3.63, 3.8) is 0 Å². The molecular weight excluding hydrogens is 602 g/mol. The Kier molecular flexibility index (Phi) is 7.77. The van der Waals surface area contributed by atoms with Crippen LogP contribution in [0.1, 0.15) is 15.9 Å². The van der Waals surface area contributed by atoms with Gasteiger partial charge in [0.25, 0.3) is 10.0 Å². The summed E-state index contributed by atoms with van der Waals surface area (Å²) in [5.41, 5.74) is 6.34. The fourth-order valence-electron chi connectivity index (χ4n) is 4.89. The summed E-state index contributed by atoms with van der Waals surface area (Å²) in [6.45, 7) is -0.427. The third kappa shape index (κ3) is 5.85. The highest BCUT2D eigenvalue weighted by molar-refractivity contribution is 7.90. The van der Waals surface area contributed by atoms with Crippen LogP contribution in [0.25, 0.3) is 21.7 Å². The molecule has 0 aliphatic carbocycles. The van der Waals surface area contributed by atoms with Crippen LogP contribution in [0.3, 0.4) is 0 Å². The van der Waals surface area contributed by atoms with Gasteiger partial charge in [-0.1, -0.05) is 35.9 Å². The van der Waals surface area contributed by atoms with Crippen molar-refractivity contribution in [1.82, 2.24) is 8.96 Å². The van der Waals surface area contributed by atoms with E-state index in [0.29, 0.717) is 33.2 Å². The monoisotopic (exact) mass is 625 g/mol. The van der Waals surface area contributed by atoms with Crippen LogP contribution in [-0.4, -0.2) is 35.7 Å². The quantitative estimate of drug-likeness (QED) is 0.180. The van der Waals surface area contributed by atoms with Gasteiger partial charge in [0.15, 0.2) is 6.61 Å². The average Bonchev–Trinajstić information content (AvgIpc) is 3.40. The number of primary amides is 1. The maximum absolute atomic E-state index is 13.7. The second-order valence-electron chi connectivity index (χ2n) is 9.93. The van der Waals surface area contributed by atoms with Crippen molar-refractivity contribution < 1.29 is 27.5 Å². The summed E-state index contributed by atoms with van der Waals surface area (Å²) in [5, 5.41) is 2.49. The smallest absolute Gasteiger partial charge is 0.268 e. The van der Waals surface area contributed by atoms with E-state index in [2.05, 4.69) is 4.98 Å². The molecule has 2 heterocycles. The minimum atomic E-state index is -4.09. The van der Waals surface area contributed by atoms with Gasteiger partial charge >= 0.3 is 0 Å². The van der Waals surface area contributed by atoms with Gasteiger partial charge in [0, 0.05) is 40.0 Å². The summed E-state index contributed by atoms with van der Waals surface area (Å²) >= 11 is 6.14. The Hall–Kier alpha value is -5.19. The Bertz CT molecular complexity index is 2150. The molecule has 1 amide bonds. The summed E-state index contributed by atoms with van der Waals surface area (Å²) < 4.78 is 40.4. The van der Waals surface area contributed by atoms with Crippen LogP contribution in [0, 0.1) is 0 Å². The normalized spacial score (nSPS) is 11.5. The number of aromatic nitrogens is 2. The number of Topliss-reactive ketones (excluding diaryl/α,β-unsaturated/α-hetero) is 1. The number of hydrogen-bond acceptors (Lipinski definition) is 7. The van der Waals surface area contributed by atoms with Crippen LogP contribution in [0.5, 0.6) is 17.2 Å². The molecule has 0 radical (unpaired) electrons. The van der Waals surface area contributed by atoms with Crippen LogP contribution < -0.4 is 15.2 Å². The Morgan fingerprint density at radius 2 is 1.70 bits per heavy atom. The first-order valence-electron chi connectivity index (χ1n) is 13.4. The molecule has 0 bridgehead atoms. The molecule has 2 N–H and O–H groups in total. The van der Waals surface area contributed by atoms with E-state index in [1.54, 1.807) is 85.1 Å². The minimum absolute atomic E-state index is 0.0538. The molecule has 11 heteroatoms. The van der Waals surface area contributed by atoms with Crippen molar-refractivity contribution in [1.29, 1.82) is 0 Å². The summed E-state index contributed by atoms with van der Waals surface area (Å²) in [6.07, 6.45) is 4.32. The van der Waals surface area contributed by atoms with E-state index in [-0.39, 0.29) is 22.4 Å². The van der Waals surface area contributed by atoms with Crippen molar-refractivity contribution in [2.75, 3.05) is 6.61 Å². The number of fused-ring (bicyclic) bond motifs is 2. The highest BCUT2D eigenvalue weighted by atomic mass is 35.5. The summed E-state index contributed by atoms with van der Waals surface area (Å²) in [5.74, 6) is 0.0840. The molecule has 0 atom stereocenters. The number of amides is 1. The first-order chi connectivity index (χ1) is 21.2. The number of ketones is 1.